The molecule has 138 valence electrons. The third-order valence-electron chi connectivity index (χ3n) is 3.97. The van der Waals surface area contributed by atoms with Crippen LogP contribution in [0.1, 0.15) is 45.4 Å². The third-order valence-corrected chi connectivity index (χ3v) is 3.97. The van der Waals surface area contributed by atoms with Crippen LogP contribution >= 0.6 is 0 Å². The Hall–Kier alpha value is -2.62. The molecule has 0 saturated carbocycles. The summed E-state index contributed by atoms with van der Waals surface area (Å²) in [5, 5.41) is 0. The number of ether oxygens (including phenoxy) is 2. The molecule has 0 aliphatic carbocycles. The van der Waals surface area contributed by atoms with Crippen molar-refractivity contribution in [3.05, 3.63) is 54.6 Å². The molecule has 0 fully saturated rings. The van der Waals surface area contributed by atoms with Crippen LogP contribution in [-0.4, -0.2) is 18.5 Å². The van der Waals surface area contributed by atoms with Gasteiger partial charge in [0, 0.05) is 18.4 Å². The van der Waals surface area contributed by atoms with Crippen molar-refractivity contribution in [3.8, 4) is 16.9 Å². The van der Waals surface area contributed by atoms with Gasteiger partial charge in [0.2, 0.25) is 0 Å². The molecule has 0 aromatic heterocycles. The maximum absolute atomic E-state index is 12.1. The molecule has 0 bridgehead atoms. The molecule has 0 unspecified atom stereocenters. The second-order valence-electron chi connectivity index (χ2n) is 6.12. The summed E-state index contributed by atoms with van der Waals surface area (Å²) < 4.78 is 10.6. The first-order chi connectivity index (χ1) is 12.7. The van der Waals surface area contributed by atoms with Crippen molar-refractivity contribution in [2.24, 2.45) is 0 Å². The summed E-state index contributed by atoms with van der Waals surface area (Å²) >= 11 is 0. The summed E-state index contributed by atoms with van der Waals surface area (Å²) in [7, 11) is 0. The lowest BCUT2D eigenvalue weighted by Crippen LogP contribution is -2.09. The van der Waals surface area contributed by atoms with E-state index in [2.05, 4.69) is 6.92 Å². The molecule has 4 nitrogen and oxygen atoms in total. The van der Waals surface area contributed by atoms with Crippen LogP contribution in [0.2, 0.25) is 0 Å². The van der Waals surface area contributed by atoms with Crippen LogP contribution in [0.15, 0.2) is 54.6 Å². The van der Waals surface area contributed by atoms with Crippen LogP contribution in [-0.2, 0) is 14.3 Å². The lowest BCUT2D eigenvalue weighted by atomic mass is 10.0. The Labute approximate surface area is 155 Å². The van der Waals surface area contributed by atoms with Crippen LogP contribution in [0.3, 0.4) is 0 Å². The predicted molar refractivity (Wildman–Crippen MR) is 102 cm³/mol. The highest BCUT2D eigenvalue weighted by molar-refractivity contribution is 5.78. The number of benzene rings is 2. The van der Waals surface area contributed by atoms with Gasteiger partial charge in [-0.15, -0.1) is 0 Å². The molecule has 26 heavy (non-hydrogen) atoms. The molecule has 2 rings (SSSR count). The fraction of sp³-hybridized carbons (Fsp3) is 0.364. The molecule has 0 aliphatic heterocycles. The number of esters is 2. The molecular weight excluding hydrogens is 328 g/mol. The minimum atomic E-state index is -0.285. The van der Waals surface area contributed by atoms with Gasteiger partial charge in [-0.3, -0.25) is 9.59 Å². The van der Waals surface area contributed by atoms with Crippen LogP contribution in [0.25, 0.3) is 11.1 Å². The largest absolute Gasteiger partial charge is 0.466 e. The first-order valence-corrected chi connectivity index (χ1v) is 9.21. The number of rotatable bonds is 10. The quantitative estimate of drug-likeness (QED) is 0.336. The smallest absolute Gasteiger partial charge is 0.311 e. The fourth-order valence-corrected chi connectivity index (χ4v) is 2.53. The van der Waals surface area contributed by atoms with E-state index in [1.165, 1.54) is 0 Å². The van der Waals surface area contributed by atoms with Crippen LogP contribution in [0.4, 0.5) is 0 Å². The van der Waals surface area contributed by atoms with Gasteiger partial charge < -0.3 is 9.47 Å². The Morgan fingerprint density at radius 2 is 1.46 bits per heavy atom. The molecule has 0 spiro atoms. The zero-order valence-corrected chi connectivity index (χ0v) is 15.3. The maximum atomic E-state index is 12.1. The van der Waals surface area contributed by atoms with E-state index in [0.29, 0.717) is 31.6 Å². The lowest BCUT2D eigenvalue weighted by molar-refractivity contribution is -0.144. The molecule has 2 aromatic carbocycles. The Bertz CT molecular complexity index is 694. The fourth-order valence-electron chi connectivity index (χ4n) is 2.53. The van der Waals surface area contributed by atoms with Gasteiger partial charge in [0.25, 0.3) is 0 Å². The number of carbonyl (C=O) groups excluding carboxylic acids is 2. The van der Waals surface area contributed by atoms with E-state index in [-0.39, 0.29) is 18.4 Å². The molecule has 0 heterocycles. The van der Waals surface area contributed by atoms with Gasteiger partial charge in [-0.1, -0.05) is 61.9 Å². The lowest BCUT2D eigenvalue weighted by Gasteiger charge is -2.10. The van der Waals surface area contributed by atoms with Gasteiger partial charge in [0.15, 0.2) is 0 Å². The van der Waals surface area contributed by atoms with Gasteiger partial charge in [-0.2, -0.15) is 0 Å². The monoisotopic (exact) mass is 354 g/mol. The summed E-state index contributed by atoms with van der Waals surface area (Å²) in [6, 6.07) is 17.3. The van der Waals surface area contributed by atoms with Crippen LogP contribution in [0, 0.1) is 0 Å². The molecule has 4 heteroatoms. The molecule has 0 atom stereocenters. The van der Waals surface area contributed by atoms with Gasteiger partial charge in [0.05, 0.1) is 6.61 Å². The minimum Gasteiger partial charge on any atom is -0.466 e. The molecule has 0 N–H and O–H groups in total. The van der Waals surface area contributed by atoms with E-state index < -0.39 is 0 Å². The van der Waals surface area contributed by atoms with Gasteiger partial charge >= 0.3 is 11.9 Å². The second kappa shape index (κ2) is 11.1. The van der Waals surface area contributed by atoms with Gasteiger partial charge in [-0.05, 0) is 30.9 Å². The molecule has 0 radical (unpaired) electrons. The van der Waals surface area contributed by atoms with Crippen molar-refractivity contribution in [1.82, 2.24) is 0 Å². The number of para-hydroxylation sites is 1. The normalized spacial score (nSPS) is 10.3. The average molecular weight is 354 g/mol. The first kappa shape index (κ1) is 19.7. The van der Waals surface area contributed by atoms with Crippen molar-refractivity contribution in [2.45, 2.75) is 45.4 Å². The van der Waals surface area contributed by atoms with E-state index in [1.54, 1.807) is 6.07 Å². The summed E-state index contributed by atoms with van der Waals surface area (Å²) in [5.41, 5.74) is 1.90. The molecule has 2 aromatic rings. The highest BCUT2D eigenvalue weighted by Gasteiger charge is 2.11. The van der Waals surface area contributed by atoms with E-state index in [0.717, 1.165) is 24.0 Å². The van der Waals surface area contributed by atoms with Crippen molar-refractivity contribution in [3.63, 3.8) is 0 Å². The van der Waals surface area contributed by atoms with Gasteiger partial charge in [0.1, 0.15) is 5.75 Å². The number of hydrogen-bond acceptors (Lipinski definition) is 4. The highest BCUT2D eigenvalue weighted by atomic mass is 16.5. The molecule has 0 saturated heterocycles. The van der Waals surface area contributed by atoms with E-state index >= 15 is 0 Å². The SMILES string of the molecule is CCCCOC(=O)CCCCC(=O)Oc1ccccc1-c1ccccc1. The Morgan fingerprint density at radius 1 is 0.808 bits per heavy atom. The number of unbranched alkanes of at least 4 members (excludes halogenated alkanes) is 2. The van der Waals surface area contributed by atoms with E-state index in [1.807, 2.05) is 48.5 Å². The van der Waals surface area contributed by atoms with E-state index in [9.17, 15) is 9.59 Å². The highest BCUT2D eigenvalue weighted by Crippen LogP contribution is 2.29. The Kier molecular flexibility index (Phi) is 8.40. The average Bonchev–Trinajstić information content (AvgIpc) is 2.67. The number of carbonyl (C=O) groups is 2. The first-order valence-electron chi connectivity index (χ1n) is 9.21. The predicted octanol–water partition coefficient (Wildman–Crippen LogP) is 5.16. The number of hydrogen-bond donors (Lipinski definition) is 0. The van der Waals surface area contributed by atoms with Crippen molar-refractivity contribution in [1.29, 1.82) is 0 Å². The Balaban J connectivity index is 1.78. The summed E-state index contributed by atoms with van der Waals surface area (Å²) in [6.45, 7) is 2.53. The Morgan fingerprint density at radius 3 is 2.19 bits per heavy atom. The summed E-state index contributed by atoms with van der Waals surface area (Å²) in [4.78, 5) is 23.6. The van der Waals surface area contributed by atoms with E-state index in [4.69, 9.17) is 9.47 Å². The zero-order chi connectivity index (χ0) is 18.6. The summed E-state index contributed by atoms with van der Waals surface area (Å²) in [5.74, 6) is 0.0802. The van der Waals surface area contributed by atoms with Crippen molar-refractivity contribution in [2.75, 3.05) is 6.61 Å². The summed E-state index contributed by atoms with van der Waals surface area (Å²) in [6.07, 6.45) is 3.75. The molecule has 0 aliphatic rings. The topological polar surface area (TPSA) is 52.6 Å². The van der Waals surface area contributed by atoms with Crippen LogP contribution in [0.5, 0.6) is 5.75 Å². The zero-order valence-electron chi connectivity index (χ0n) is 15.3. The van der Waals surface area contributed by atoms with Crippen molar-refractivity contribution < 1.29 is 19.1 Å². The molecular formula is C22H26O4. The van der Waals surface area contributed by atoms with Crippen molar-refractivity contribution >= 4 is 11.9 Å². The maximum Gasteiger partial charge on any atom is 0.311 e. The third kappa shape index (κ3) is 6.71. The minimum absolute atomic E-state index is 0.193. The molecule has 0 amide bonds. The van der Waals surface area contributed by atoms with Crippen LogP contribution < -0.4 is 4.74 Å². The standard InChI is InChI=1S/C22H26O4/c1-2-3-17-25-21(23)15-9-10-16-22(24)26-20-14-8-7-13-19(20)18-11-5-4-6-12-18/h4-8,11-14H,2-3,9-10,15-17H2,1H3. The van der Waals surface area contributed by atoms with Gasteiger partial charge in [-0.25, -0.2) is 0 Å². The second-order valence-corrected chi connectivity index (χ2v) is 6.12.